The van der Waals surface area contributed by atoms with Gasteiger partial charge in [-0.2, -0.15) is 8.78 Å². The minimum atomic E-state index is -2.98. The number of nitrogens with two attached hydrogens (primary N) is 1. The SMILES string of the molecule is COc1cc(C(N)=NOCC(=O)NC(C)c2ccc(C)c(C)c2)ccc1OC(F)F. The average molecular weight is 421 g/mol. The van der Waals surface area contributed by atoms with E-state index in [1.807, 2.05) is 39.0 Å². The van der Waals surface area contributed by atoms with Crippen molar-refractivity contribution in [2.24, 2.45) is 10.9 Å². The number of ether oxygens (including phenoxy) is 2. The maximum absolute atomic E-state index is 12.4. The molecule has 1 amide bonds. The first-order chi connectivity index (χ1) is 14.2. The van der Waals surface area contributed by atoms with E-state index < -0.39 is 6.61 Å². The van der Waals surface area contributed by atoms with Gasteiger partial charge in [0.2, 0.25) is 0 Å². The molecule has 1 unspecified atom stereocenters. The summed E-state index contributed by atoms with van der Waals surface area (Å²) in [5.41, 5.74) is 9.48. The smallest absolute Gasteiger partial charge is 0.387 e. The van der Waals surface area contributed by atoms with Gasteiger partial charge in [-0.1, -0.05) is 23.4 Å². The third kappa shape index (κ3) is 6.33. The molecule has 30 heavy (non-hydrogen) atoms. The van der Waals surface area contributed by atoms with Crippen LogP contribution in [0.25, 0.3) is 0 Å². The van der Waals surface area contributed by atoms with Crippen molar-refractivity contribution in [2.75, 3.05) is 13.7 Å². The number of hydrogen-bond acceptors (Lipinski definition) is 5. The van der Waals surface area contributed by atoms with Crippen molar-refractivity contribution < 1.29 is 27.9 Å². The number of alkyl halides is 2. The van der Waals surface area contributed by atoms with E-state index in [-0.39, 0.29) is 35.9 Å². The molecule has 1 atom stereocenters. The minimum absolute atomic E-state index is 0.0492. The maximum Gasteiger partial charge on any atom is 0.387 e. The average Bonchev–Trinajstić information content (AvgIpc) is 2.69. The van der Waals surface area contributed by atoms with E-state index >= 15 is 0 Å². The van der Waals surface area contributed by atoms with Crippen LogP contribution < -0.4 is 20.5 Å². The van der Waals surface area contributed by atoms with E-state index in [1.54, 1.807) is 0 Å². The number of methoxy groups -OCH3 is 1. The third-order valence-corrected chi connectivity index (χ3v) is 4.44. The van der Waals surface area contributed by atoms with Gasteiger partial charge in [-0.15, -0.1) is 0 Å². The van der Waals surface area contributed by atoms with Crippen molar-refractivity contribution in [1.82, 2.24) is 5.32 Å². The van der Waals surface area contributed by atoms with Crippen molar-refractivity contribution >= 4 is 11.7 Å². The molecule has 162 valence electrons. The normalized spacial score (nSPS) is 12.4. The summed E-state index contributed by atoms with van der Waals surface area (Å²) in [6.45, 7) is 2.58. The molecule has 2 aromatic rings. The van der Waals surface area contributed by atoms with Crippen LogP contribution in [-0.2, 0) is 9.63 Å². The zero-order valence-electron chi connectivity index (χ0n) is 17.2. The Morgan fingerprint density at radius 3 is 2.50 bits per heavy atom. The second kappa shape index (κ2) is 10.4. The number of amides is 1. The van der Waals surface area contributed by atoms with Gasteiger partial charge in [0.25, 0.3) is 5.91 Å². The van der Waals surface area contributed by atoms with Gasteiger partial charge in [0.1, 0.15) is 0 Å². The molecule has 0 aliphatic rings. The fourth-order valence-corrected chi connectivity index (χ4v) is 2.63. The molecule has 0 spiro atoms. The molecule has 0 aliphatic heterocycles. The lowest BCUT2D eigenvalue weighted by atomic mass is 10.0. The first kappa shape index (κ1) is 22.9. The lowest BCUT2D eigenvalue weighted by Gasteiger charge is -2.15. The molecule has 0 aromatic heterocycles. The number of rotatable bonds is 9. The van der Waals surface area contributed by atoms with Crippen molar-refractivity contribution in [3.63, 3.8) is 0 Å². The van der Waals surface area contributed by atoms with Crippen LogP contribution in [0.3, 0.4) is 0 Å². The first-order valence-electron chi connectivity index (χ1n) is 9.16. The summed E-state index contributed by atoms with van der Waals surface area (Å²) in [6, 6.07) is 9.85. The summed E-state index contributed by atoms with van der Waals surface area (Å²) < 4.78 is 34.1. The molecular formula is C21H25F2N3O4. The summed E-state index contributed by atoms with van der Waals surface area (Å²) in [4.78, 5) is 17.1. The Morgan fingerprint density at radius 2 is 1.87 bits per heavy atom. The Labute approximate surface area is 173 Å². The van der Waals surface area contributed by atoms with Crippen molar-refractivity contribution in [1.29, 1.82) is 0 Å². The molecule has 3 N–H and O–H groups in total. The predicted molar refractivity (Wildman–Crippen MR) is 109 cm³/mol. The monoisotopic (exact) mass is 421 g/mol. The van der Waals surface area contributed by atoms with Gasteiger partial charge in [0.05, 0.1) is 13.2 Å². The molecule has 9 heteroatoms. The van der Waals surface area contributed by atoms with Gasteiger partial charge in [0, 0.05) is 5.56 Å². The first-order valence-corrected chi connectivity index (χ1v) is 9.16. The molecule has 0 saturated carbocycles. The topological polar surface area (TPSA) is 95.2 Å². The van der Waals surface area contributed by atoms with Crippen LogP contribution in [0.2, 0.25) is 0 Å². The van der Waals surface area contributed by atoms with Crippen LogP contribution in [0.1, 0.15) is 35.2 Å². The third-order valence-electron chi connectivity index (χ3n) is 4.44. The van der Waals surface area contributed by atoms with E-state index in [0.29, 0.717) is 5.56 Å². The number of halogens is 2. The number of carbonyl (C=O) groups is 1. The predicted octanol–water partition coefficient (Wildman–Crippen LogP) is 3.43. The van der Waals surface area contributed by atoms with Crippen molar-refractivity contribution in [3.8, 4) is 11.5 Å². The highest BCUT2D eigenvalue weighted by Gasteiger charge is 2.13. The Kier molecular flexibility index (Phi) is 7.97. The summed E-state index contributed by atoms with van der Waals surface area (Å²) in [7, 11) is 1.31. The Morgan fingerprint density at radius 1 is 1.13 bits per heavy atom. The molecule has 0 radical (unpaired) electrons. The van der Waals surface area contributed by atoms with Gasteiger partial charge in [-0.25, -0.2) is 0 Å². The van der Waals surface area contributed by atoms with Crippen LogP contribution in [0.5, 0.6) is 11.5 Å². The Balaban J connectivity index is 1.93. The lowest BCUT2D eigenvalue weighted by molar-refractivity contribution is -0.126. The summed E-state index contributed by atoms with van der Waals surface area (Å²) >= 11 is 0. The molecule has 0 aliphatic carbocycles. The van der Waals surface area contributed by atoms with Gasteiger partial charge >= 0.3 is 6.61 Å². The van der Waals surface area contributed by atoms with Crippen LogP contribution in [-0.4, -0.2) is 32.1 Å². The molecule has 0 heterocycles. The summed E-state index contributed by atoms with van der Waals surface area (Å²) in [5, 5.41) is 6.51. The quantitative estimate of drug-likeness (QED) is 0.368. The second-order valence-electron chi connectivity index (χ2n) is 6.63. The lowest BCUT2D eigenvalue weighted by Crippen LogP contribution is -2.30. The molecule has 0 bridgehead atoms. The van der Waals surface area contributed by atoms with E-state index in [4.69, 9.17) is 15.3 Å². The Hall–Kier alpha value is -3.36. The zero-order chi connectivity index (χ0) is 22.3. The number of nitrogens with zero attached hydrogens (tertiary/aromatic N) is 1. The largest absolute Gasteiger partial charge is 0.493 e. The number of amidine groups is 1. The molecule has 2 rings (SSSR count). The summed E-state index contributed by atoms with van der Waals surface area (Å²) in [5.74, 6) is -0.488. The summed E-state index contributed by atoms with van der Waals surface area (Å²) in [6.07, 6.45) is 0. The van der Waals surface area contributed by atoms with E-state index in [9.17, 15) is 13.6 Å². The molecule has 0 fully saturated rings. The van der Waals surface area contributed by atoms with Crippen LogP contribution >= 0.6 is 0 Å². The van der Waals surface area contributed by atoms with Crippen molar-refractivity contribution in [3.05, 3.63) is 58.7 Å². The fraction of sp³-hybridized carbons (Fsp3) is 0.333. The van der Waals surface area contributed by atoms with Crippen LogP contribution in [0, 0.1) is 13.8 Å². The van der Waals surface area contributed by atoms with E-state index in [0.717, 1.165) is 11.1 Å². The number of benzene rings is 2. The Bertz CT molecular complexity index is 919. The minimum Gasteiger partial charge on any atom is -0.493 e. The highest BCUT2D eigenvalue weighted by atomic mass is 19.3. The number of hydrogen-bond donors (Lipinski definition) is 2. The van der Waals surface area contributed by atoms with Gasteiger partial charge < -0.3 is 25.4 Å². The van der Waals surface area contributed by atoms with Crippen LogP contribution in [0.15, 0.2) is 41.6 Å². The van der Waals surface area contributed by atoms with Gasteiger partial charge in [-0.3, -0.25) is 4.79 Å². The van der Waals surface area contributed by atoms with Crippen LogP contribution in [0.4, 0.5) is 8.78 Å². The second-order valence-corrected chi connectivity index (χ2v) is 6.63. The fourth-order valence-electron chi connectivity index (χ4n) is 2.63. The molecule has 2 aromatic carbocycles. The zero-order valence-corrected chi connectivity index (χ0v) is 17.2. The molecule has 7 nitrogen and oxygen atoms in total. The van der Waals surface area contributed by atoms with E-state index in [2.05, 4.69) is 15.2 Å². The number of aryl methyl sites for hydroxylation is 2. The number of carbonyl (C=O) groups excluding carboxylic acids is 1. The number of oxime groups is 1. The highest BCUT2D eigenvalue weighted by Crippen LogP contribution is 2.29. The molecular weight excluding hydrogens is 396 g/mol. The number of nitrogens with one attached hydrogen (secondary N) is 1. The maximum atomic E-state index is 12.4. The van der Waals surface area contributed by atoms with Gasteiger partial charge in [0.15, 0.2) is 23.9 Å². The van der Waals surface area contributed by atoms with Crippen molar-refractivity contribution in [2.45, 2.75) is 33.4 Å². The standard InChI is InChI=1S/C21H25F2N3O4/c1-12-5-6-15(9-13(12)2)14(3)25-19(27)11-29-26-20(24)16-7-8-17(30-21(22)23)18(10-16)28-4/h5-10,14,21H,11H2,1-4H3,(H2,24,26)(H,25,27). The van der Waals surface area contributed by atoms with E-state index in [1.165, 1.54) is 30.9 Å². The molecule has 0 saturated heterocycles. The highest BCUT2D eigenvalue weighted by molar-refractivity contribution is 5.97. The van der Waals surface area contributed by atoms with Gasteiger partial charge in [-0.05, 0) is 55.7 Å².